The van der Waals surface area contributed by atoms with Crippen LogP contribution in [-0.2, 0) is 4.79 Å². The first-order valence-corrected chi connectivity index (χ1v) is 8.26. The van der Waals surface area contributed by atoms with Gasteiger partial charge in [-0.05, 0) is 42.5 Å². The predicted octanol–water partition coefficient (Wildman–Crippen LogP) is 5.92. The Kier molecular flexibility index (Phi) is 5.66. The molecule has 0 heterocycles. The summed E-state index contributed by atoms with van der Waals surface area (Å²) in [4.78, 5) is 12.2. The van der Waals surface area contributed by atoms with E-state index < -0.39 is 11.7 Å². The number of carbonyl (C=O) groups is 1. The lowest BCUT2D eigenvalue weighted by atomic mass is 10.2. The molecule has 26 heavy (non-hydrogen) atoms. The Morgan fingerprint density at radius 2 is 1.69 bits per heavy atom. The highest BCUT2D eigenvalue weighted by Gasteiger charge is 2.08. The number of anilines is 1. The highest BCUT2D eigenvalue weighted by Crippen LogP contribution is 2.29. The van der Waals surface area contributed by atoms with Crippen LogP contribution in [0.15, 0.2) is 78.9 Å². The summed E-state index contributed by atoms with van der Waals surface area (Å²) in [5.41, 5.74) is 0.670. The third kappa shape index (κ3) is 4.49. The van der Waals surface area contributed by atoms with Gasteiger partial charge in [-0.25, -0.2) is 4.39 Å². The fraction of sp³-hybridized carbons (Fsp3) is 0. The van der Waals surface area contributed by atoms with Gasteiger partial charge in [-0.1, -0.05) is 48.0 Å². The number of rotatable bonds is 5. The van der Waals surface area contributed by atoms with E-state index in [0.29, 0.717) is 17.2 Å². The van der Waals surface area contributed by atoms with Crippen molar-refractivity contribution in [3.63, 3.8) is 0 Å². The van der Waals surface area contributed by atoms with Crippen molar-refractivity contribution in [1.29, 1.82) is 0 Å². The molecule has 0 bridgehead atoms. The van der Waals surface area contributed by atoms with E-state index in [9.17, 15) is 9.18 Å². The molecule has 1 amide bonds. The molecule has 3 aromatic rings. The SMILES string of the molecule is O=C(/C=C/c1c(F)cccc1Cl)Nc1ccccc1Oc1ccccc1. The molecule has 0 unspecified atom stereocenters. The molecule has 3 aromatic carbocycles. The summed E-state index contributed by atoms with van der Waals surface area (Å²) in [5, 5.41) is 2.96. The highest BCUT2D eigenvalue weighted by molar-refractivity contribution is 6.32. The number of ether oxygens (including phenoxy) is 1. The summed E-state index contributed by atoms with van der Waals surface area (Å²) in [6.07, 6.45) is 2.57. The molecule has 5 heteroatoms. The quantitative estimate of drug-likeness (QED) is 0.568. The van der Waals surface area contributed by atoms with E-state index in [0.717, 1.165) is 0 Å². The molecule has 3 rings (SSSR count). The van der Waals surface area contributed by atoms with E-state index in [-0.39, 0.29) is 10.6 Å². The van der Waals surface area contributed by atoms with Crippen LogP contribution in [-0.4, -0.2) is 5.91 Å². The van der Waals surface area contributed by atoms with Crippen molar-refractivity contribution >= 4 is 29.3 Å². The summed E-state index contributed by atoms with van der Waals surface area (Å²) in [6, 6.07) is 20.7. The van der Waals surface area contributed by atoms with E-state index in [4.69, 9.17) is 16.3 Å². The number of para-hydroxylation sites is 3. The molecule has 0 radical (unpaired) electrons. The molecule has 0 spiro atoms. The molecule has 0 aliphatic carbocycles. The number of halogens is 2. The Labute approximate surface area is 155 Å². The minimum atomic E-state index is -0.491. The van der Waals surface area contributed by atoms with E-state index in [1.807, 2.05) is 36.4 Å². The maximum Gasteiger partial charge on any atom is 0.248 e. The molecule has 0 aromatic heterocycles. The van der Waals surface area contributed by atoms with Crippen molar-refractivity contribution in [2.75, 3.05) is 5.32 Å². The second kappa shape index (κ2) is 8.32. The zero-order valence-electron chi connectivity index (χ0n) is 13.7. The van der Waals surface area contributed by atoms with Crippen LogP contribution < -0.4 is 10.1 Å². The number of benzene rings is 3. The number of amides is 1. The second-order valence-electron chi connectivity index (χ2n) is 5.37. The van der Waals surface area contributed by atoms with E-state index in [1.54, 1.807) is 24.3 Å². The first-order valence-electron chi connectivity index (χ1n) is 7.88. The van der Waals surface area contributed by atoms with E-state index in [1.165, 1.54) is 24.3 Å². The van der Waals surface area contributed by atoms with Gasteiger partial charge in [0, 0.05) is 11.6 Å². The zero-order chi connectivity index (χ0) is 18.4. The van der Waals surface area contributed by atoms with Crippen molar-refractivity contribution in [3.8, 4) is 11.5 Å². The number of nitrogens with one attached hydrogen (secondary N) is 1. The Hall–Kier alpha value is -3.11. The van der Waals surface area contributed by atoms with Crippen molar-refractivity contribution < 1.29 is 13.9 Å². The minimum Gasteiger partial charge on any atom is -0.455 e. The third-order valence-electron chi connectivity index (χ3n) is 3.52. The van der Waals surface area contributed by atoms with Gasteiger partial charge >= 0.3 is 0 Å². The van der Waals surface area contributed by atoms with Crippen molar-refractivity contribution in [2.24, 2.45) is 0 Å². The Morgan fingerprint density at radius 1 is 0.962 bits per heavy atom. The molecule has 0 aliphatic heterocycles. The molecule has 0 saturated heterocycles. The van der Waals surface area contributed by atoms with Gasteiger partial charge in [0.2, 0.25) is 5.91 Å². The number of hydrogen-bond donors (Lipinski definition) is 1. The van der Waals surface area contributed by atoms with Crippen molar-refractivity contribution in [2.45, 2.75) is 0 Å². The van der Waals surface area contributed by atoms with Crippen LogP contribution in [0.1, 0.15) is 5.56 Å². The molecular formula is C21H15ClFNO2. The van der Waals surface area contributed by atoms with Crippen LogP contribution in [0.3, 0.4) is 0 Å². The first-order chi connectivity index (χ1) is 12.6. The maximum absolute atomic E-state index is 13.7. The molecule has 0 atom stereocenters. The van der Waals surface area contributed by atoms with Gasteiger partial charge in [0.05, 0.1) is 10.7 Å². The molecule has 0 fully saturated rings. The first kappa shape index (κ1) is 17.7. The lowest BCUT2D eigenvalue weighted by Crippen LogP contribution is -2.08. The smallest absolute Gasteiger partial charge is 0.248 e. The van der Waals surface area contributed by atoms with Crippen LogP contribution in [0, 0.1) is 5.82 Å². The van der Waals surface area contributed by atoms with Crippen molar-refractivity contribution in [1.82, 2.24) is 0 Å². The second-order valence-corrected chi connectivity index (χ2v) is 5.78. The third-order valence-corrected chi connectivity index (χ3v) is 3.85. The van der Waals surface area contributed by atoms with E-state index in [2.05, 4.69) is 5.32 Å². The zero-order valence-corrected chi connectivity index (χ0v) is 14.4. The summed E-state index contributed by atoms with van der Waals surface area (Å²) >= 11 is 5.95. The number of hydrogen-bond acceptors (Lipinski definition) is 2. The van der Waals surface area contributed by atoms with Crippen molar-refractivity contribution in [3.05, 3.63) is 95.3 Å². The predicted molar refractivity (Wildman–Crippen MR) is 102 cm³/mol. The molecular weight excluding hydrogens is 353 g/mol. The van der Waals surface area contributed by atoms with Gasteiger partial charge in [-0.3, -0.25) is 4.79 Å². The van der Waals surface area contributed by atoms with Gasteiger partial charge in [0.1, 0.15) is 11.6 Å². The molecule has 3 nitrogen and oxygen atoms in total. The summed E-state index contributed by atoms with van der Waals surface area (Å²) in [6.45, 7) is 0. The van der Waals surface area contributed by atoms with Gasteiger partial charge < -0.3 is 10.1 Å². The summed E-state index contributed by atoms with van der Waals surface area (Å²) < 4.78 is 19.5. The summed E-state index contributed by atoms with van der Waals surface area (Å²) in [7, 11) is 0. The molecule has 0 aliphatic rings. The fourth-order valence-electron chi connectivity index (χ4n) is 2.28. The lowest BCUT2D eigenvalue weighted by Gasteiger charge is -2.11. The fourth-order valence-corrected chi connectivity index (χ4v) is 2.50. The largest absolute Gasteiger partial charge is 0.455 e. The standard InChI is InChI=1S/C21H15ClFNO2/c22-17-9-6-10-18(23)16(17)13-14-21(25)24-19-11-4-5-12-20(19)26-15-7-2-1-3-8-15/h1-14H,(H,24,25)/b14-13+. The summed E-state index contributed by atoms with van der Waals surface area (Å²) in [5.74, 6) is 0.245. The average molecular weight is 368 g/mol. The van der Waals surface area contributed by atoms with Crippen LogP contribution in [0.4, 0.5) is 10.1 Å². The maximum atomic E-state index is 13.7. The lowest BCUT2D eigenvalue weighted by molar-refractivity contribution is -0.111. The Bertz CT molecular complexity index is 922. The highest BCUT2D eigenvalue weighted by atomic mass is 35.5. The van der Waals surface area contributed by atoms with Crippen LogP contribution >= 0.6 is 11.6 Å². The van der Waals surface area contributed by atoms with E-state index >= 15 is 0 Å². The topological polar surface area (TPSA) is 38.3 Å². The normalized spacial score (nSPS) is 10.7. The van der Waals surface area contributed by atoms with Gasteiger partial charge in [-0.2, -0.15) is 0 Å². The minimum absolute atomic E-state index is 0.165. The van der Waals surface area contributed by atoms with Gasteiger partial charge in [0.15, 0.2) is 5.75 Å². The van der Waals surface area contributed by atoms with Gasteiger partial charge in [-0.15, -0.1) is 0 Å². The number of carbonyl (C=O) groups excluding carboxylic acids is 1. The van der Waals surface area contributed by atoms with Crippen LogP contribution in [0.5, 0.6) is 11.5 Å². The average Bonchev–Trinajstić information content (AvgIpc) is 2.64. The molecule has 130 valence electrons. The van der Waals surface area contributed by atoms with Crippen LogP contribution in [0.25, 0.3) is 6.08 Å². The van der Waals surface area contributed by atoms with Crippen LogP contribution in [0.2, 0.25) is 5.02 Å². The van der Waals surface area contributed by atoms with Gasteiger partial charge in [0.25, 0.3) is 0 Å². The Morgan fingerprint density at radius 3 is 2.46 bits per heavy atom. The molecule has 0 saturated carbocycles. The Balaban J connectivity index is 1.75. The molecule has 1 N–H and O–H groups in total. The monoisotopic (exact) mass is 367 g/mol.